The Morgan fingerprint density at radius 3 is 2.53 bits per heavy atom. The Bertz CT molecular complexity index is 1370. The van der Waals surface area contributed by atoms with Gasteiger partial charge in [-0.05, 0) is 56.0 Å². The molecule has 0 unspecified atom stereocenters. The fourth-order valence-corrected chi connectivity index (χ4v) is 5.02. The van der Waals surface area contributed by atoms with Crippen LogP contribution in [0.3, 0.4) is 0 Å². The van der Waals surface area contributed by atoms with Crippen molar-refractivity contribution >= 4 is 21.7 Å². The molecule has 0 bridgehead atoms. The zero-order valence-corrected chi connectivity index (χ0v) is 20.9. The number of nitrogens with two attached hydrogens (primary N) is 1. The lowest BCUT2D eigenvalue weighted by Crippen LogP contribution is -2.33. The number of benzene rings is 1. The molecular formula is C24H26F4N6O3S. The molecule has 4 N–H and O–H groups in total. The van der Waals surface area contributed by atoms with E-state index in [4.69, 9.17) is 10.5 Å². The van der Waals surface area contributed by atoms with Crippen molar-refractivity contribution in [2.45, 2.75) is 50.4 Å². The molecule has 3 aromatic rings. The van der Waals surface area contributed by atoms with Crippen LogP contribution in [0.2, 0.25) is 0 Å². The Balaban J connectivity index is 1.48. The minimum absolute atomic E-state index is 0.00774. The van der Waals surface area contributed by atoms with Crippen LogP contribution in [0.15, 0.2) is 48.8 Å². The van der Waals surface area contributed by atoms with Crippen LogP contribution >= 0.6 is 0 Å². The van der Waals surface area contributed by atoms with Crippen molar-refractivity contribution in [2.24, 2.45) is 5.73 Å². The number of alkyl halides is 3. The standard InChI is InChI=1S/C24H26F4N6O3S/c25-19-14-17(7-8-21(19)34-38(35,36)13-10-24(26,27)28)37-22-18(2-1-11-30-22)20-9-12-31-23(33-20)32-16-5-3-15(29)4-6-16/h1-2,7-9,11-12,14-16,34H,3-6,10,13,29H2,(H,31,32,33). The summed E-state index contributed by atoms with van der Waals surface area (Å²) in [5.41, 5.74) is 6.47. The minimum Gasteiger partial charge on any atom is -0.438 e. The van der Waals surface area contributed by atoms with E-state index >= 15 is 0 Å². The fourth-order valence-electron chi connectivity index (χ4n) is 3.91. The SMILES string of the molecule is NC1CCC(Nc2nccc(-c3cccnc3Oc3ccc(NS(=O)(=O)CCC(F)(F)F)c(F)c3)n2)CC1. The maximum Gasteiger partial charge on any atom is 0.390 e. The van der Waals surface area contributed by atoms with Crippen molar-refractivity contribution in [3.05, 3.63) is 54.6 Å². The molecule has 9 nitrogen and oxygen atoms in total. The van der Waals surface area contributed by atoms with Gasteiger partial charge in [-0.1, -0.05) is 0 Å². The Morgan fingerprint density at radius 2 is 1.82 bits per heavy atom. The highest BCUT2D eigenvalue weighted by Gasteiger charge is 2.30. The molecule has 0 spiro atoms. The van der Waals surface area contributed by atoms with Crippen molar-refractivity contribution in [3.63, 3.8) is 0 Å². The van der Waals surface area contributed by atoms with E-state index in [1.165, 1.54) is 12.3 Å². The van der Waals surface area contributed by atoms with Gasteiger partial charge in [0.1, 0.15) is 5.75 Å². The molecule has 1 saturated carbocycles. The molecule has 204 valence electrons. The lowest BCUT2D eigenvalue weighted by atomic mass is 9.92. The second-order valence-corrected chi connectivity index (χ2v) is 10.7. The quantitative estimate of drug-likeness (QED) is 0.320. The van der Waals surface area contributed by atoms with Gasteiger partial charge in [-0.3, -0.25) is 4.72 Å². The number of halogens is 4. The molecule has 4 rings (SSSR count). The summed E-state index contributed by atoms with van der Waals surface area (Å²) in [6.07, 6.45) is 0.522. The van der Waals surface area contributed by atoms with Crippen LogP contribution in [0.4, 0.5) is 29.2 Å². The number of anilines is 2. The van der Waals surface area contributed by atoms with Crippen molar-refractivity contribution in [1.29, 1.82) is 0 Å². The Labute approximate surface area is 216 Å². The molecular weight excluding hydrogens is 528 g/mol. The molecule has 0 amide bonds. The van der Waals surface area contributed by atoms with Gasteiger partial charge in [0.2, 0.25) is 21.9 Å². The molecule has 14 heteroatoms. The summed E-state index contributed by atoms with van der Waals surface area (Å²) in [5, 5.41) is 3.32. The second kappa shape index (κ2) is 11.5. The first-order valence-electron chi connectivity index (χ1n) is 11.8. The van der Waals surface area contributed by atoms with E-state index in [1.54, 1.807) is 24.4 Å². The van der Waals surface area contributed by atoms with Gasteiger partial charge in [0.15, 0.2) is 5.82 Å². The van der Waals surface area contributed by atoms with Gasteiger partial charge < -0.3 is 15.8 Å². The fraction of sp³-hybridized carbons (Fsp3) is 0.375. The molecule has 38 heavy (non-hydrogen) atoms. The maximum absolute atomic E-state index is 14.6. The third-order valence-corrected chi connectivity index (χ3v) is 7.16. The third-order valence-electron chi connectivity index (χ3n) is 5.88. The highest BCUT2D eigenvalue weighted by atomic mass is 32.2. The summed E-state index contributed by atoms with van der Waals surface area (Å²) in [4.78, 5) is 13.1. The zero-order chi connectivity index (χ0) is 27.3. The molecule has 0 saturated heterocycles. The number of sulfonamides is 1. The Morgan fingerprint density at radius 1 is 1.05 bits per heavy atom. The van der Waals surface area contributed by atoms with Crippen LogP contribution < -0.4 is 20.5 Å². The first kappa shape index (κ1) is 27.5. The van der Waals surface area contributed by atoms with Gasteiger partial charge in [0.05, 0.1) is 29.1 Å². The van der Waals surface area contributed by atoms with E-state index in [0.29, 0.717) is 17.2 Å². The number of hydrogen-bond acceptors (Lipinski definition) is 8. The zero-order valence-electron chi connectivity index (χ0n) is 20.1. The topological polar surface area (TPSA) is 132 Å². The number of pyridine rings is 1. The van der Waals surface area contributed by atoms with Crippen molar-refractivity contribution in [1.82, 2.24) is 15.0 Å². The van der Waals surface area contributed by atoms with Crippen LogP contribution in [-0.4, -0.2) is 47.4 Å². The van der Waals surface area contributed by atoms with Crippen LogP contribution in [0, 0.1) is 5.82 Å². The first-order valence-corrected chi connectivity index (χ1v) is 13.5. The number of nitrogens with one attached hydrogen (secondary N) is 2. The van der Waals surface area contributed by atoms with Gasteiger partial charge in [-0.15, -0.1) is 0 Å². The summed E-state index contributed by atoms with van der Waals surface area (Å²) in [6, 6.07) is 8.72. The molecule has 1 aliphatic carbocycles. The van der Waals surface area contributed by atoms with E-state index in [-0.39, 0.29) is 23.7 Å². The molecule has 1 aliphatic rings. The van der Waals surface area contributed by atoms with E-state index < -0.39 is 39.9 Å². The van der Waals surface area contributed by atoms with Gasteiger partial charge in [0, 0.05) is 30.5 Å². The largest absolute Gasteiger partial charge is 0.438 e. The van der Waals surface area contributed by atoms with Gasteiger partial charge in [-0.2, -0.15) is 13.2 Å². The summed E-state index contributed by atoms with van der Waals surface area (Å²) in [5.74, 6) is -1.72. The smallest absolute Gasteiger partial charge is 0.390 e. The summed E-state index contributed by atoms with van der Waals surface area (Å²) in [6.45, 7) is 0. The monoisotopic (exact) mass is 554 g/mol. The summed E-state index contributed by atoms with van der Waals surface area (Å²) < 4.78 is 83.0. The van der Waals surface area contributed by atoms with E-state index in [1.807, 2.05) is 4.72 Å². The number of ether oxygens (including phenoxy) is 1. The molecule has 1 fully saturated rings. The van der Waals surface area contributed by atoms with E-state index in [9.17, 15) is 26.0 Å². The van der Waals surface area contributed by atoms with Crippen molar-refractivity contribution in [2.75, 3.05) is 15.8 Å². The molecule has 0 atom stereocenters. The number of aromatic nitrogens is 3. The minimum atomic E-state index is -4.66. The number of nitrogens with zero attached hydrogens (tertiary/aromatic N) is 3. The summed E-state index contributed by atoms with van der Waals surface area (Å²) in [7, 11) is -4.41. The van der Waals surface area contributed by atoms with E-state index in [2.05, 4.69) is 20.3 Å². The lowest BCUT2D eigenvalue weighted by molar-refractivity contribution is -0.129. The Hall–Kier alpha value is -3.52. The highest BCUT2D eigenvalue weighted by Crippen LogP contribution is 2.32. The van der Waals surface area contributed by atoms with Gasteiger partial charge in [-0.25, -0.2) is 27.8 Å². The normalized spacial score (nSPS) is 18.1. The highest BCUT2D eigenvalue weighted by molar-refractivity contribution is 7.92. The molecule has 1 aromatic carbocycles. The molecule has 2 heterocycles. The van der Waals surface area contributed by atoms with Crippen LogP contribution in [0.25, 0.3) is 11.3 Å². The van der Waals surface area contributed by atoms with Crippen LogP contribution in [0.5, 0.6) is 11.6 Å². The predicted octanol–water partition coefficient (Wildman–Crippen LogP) is 4.85. The van der Waals surface area contributed by atoms with Gasteiger partial charge in [0.25, 0.3) is 0 Å². The molecule has 0 aliphatic heterocycles. The number of hydrogen-bond donors (Lipinski definition) is 3. The van der Waals surface area contributed by atoms with Crippen LogP contribution in [-0.2, 0) is 10.0 Å². The first-order chi connectivity index (χ1) is 18.0. The Kier molecular flexibility index (Phi) is 8.31. The average molecular weight is 555 g/mol. The number of rotatable bonds is 9. The third kappa shape index (κ3) is 7.74. The van der Waals surface area contributed by atoms with Crippen molar-refractivity contribution in [3.8, 4) is 22.9 Å². The second-order valence-electron chi connectivity index (χ2n) is 8.91. The van der Waals surface area contributed by atoms with Crippen LogP contribution in [0.1, 0.15) is 32.1 Å². The van der Waals surface area contributed by atoms with Crippen molar-refractivity contribution < 1.29 is 30.7 Å². The maximum atomic E-state index is 14.6. The molecule has 2 aromatic heterocycles. The van der Waals surface area contributed by atoms with Gasteiger partial charge >= 0.3 is 6.18 Å². The van der Waals surface area contributed by atoms with E-state index in [0.717, 1.165) is 37.8 Å². The lowest BCUT2D eigenvalue weighted by Gasteiger charge is -2.26. The summed E-state index contributed by atoms with van der Waals surface area (Å²) >= 11 is 0. The predicted molar refractivity (Wildman–Crippen MR) is 134 cm³/mol. The molecule has 0 radical (unpaired) electrons. The average Bonchev–Trinajstić information content (AvgIpc) is 2.86.